The molecule has 1 N–H and O–H groups in total. The molecule has 4 aliphatic rings. The molecular weight excluding hydrogens is 246 g/mol. The molecule has 1 aliphatic heterocycles. The molecule has 20 heavy (non-hydrogen) atoms. The zero-order valence-corrected chi connectivity index (χ0v) is 13.1. The molecule has 3 saturated carbocycles. The lowest BCUT2D eigenvalue weighted by molar-refractivity contribution is -0.148. The molecule has 1 saturated heterocycles. The molecule has 3 aliphatic carbocycles. The number of fused-ring (bicyclic) bond motifs is 1. The fourth-order valence-corrected chi connectivity index (χ4v) is 5.63. The van der Waals surface area contributed by atoms with Gasteiger partial charge >= 0.3 is 0 Å². The maximum atomic E-state index is 6.15. The Morgan fingerprint density at radius 2 is 1.95 bits per heavy atom. The van der Waals surface area contributed by atoms with Crippen molar-refractivity contribution >= 4 is 0 Å². The van der Waals surface area contributed by atoms with Gasteiger partial charge in [-0.2, -0.15) is 0 Å². The van der Waals surface area contributed by atoms with Crippen LogP contribution in [0.4, 0.5) is 0 Å². The van der Waals surface area contributed by atoms with Crippen LogP contribution in [0.25, 0.3) is 0 Å². The molecule has 4 rings (SSSR count). The van der Waals surface area contributed by atoms with E-state index in [0.29, 0.717) is 5.60 Å². The third-order valence-corrected chi connectivity index (χ3v) is 6.82. The normalized spacial score (nSPS) is 43.0. The molecule has 0 aromatic rings. The summed E-state index contributed by atoms with van der Waals surface area (Å²) in [5.74, 6) is 4.09. The first kappa shape index (κ1) is 13.6. The lowest BCUT2D eigenvalue weighted by Crippen LogP contribution is -2.51. The Morgan fingerprint density at radius 1 is 1.15 bits per heavy atom. The van der Waals surface area contributed by atoms with Crippen molar-refractivity contribution in [3.63, 3.8) is 0 Å². The Hall–Kier alpha value is -0.0800. The van der Waals surface area contributed by atoms with E-state index < -0.39 is 0 Å². The van der Waals surface area contributed by atoms with E-state index in [1.165, 1.54) is 64.3 Å². The smallest absolute Gasteiger partial charge is 0.0685 e. The summed E-state index contributed by atoms with van der Waals surface area (Å²) in [6.07, 6.45) is 12.5. The first-order chi connectivity index (χ1) is 9.83. The lowest BCUT2D eigenvalue weighted by atomic mass is 9.69. The van der Waals surface area contributed by atoms with Crippen LogP contribution in [0.1, 0.15) is 64.7 Å². The van der Waals surface area contributed by atoms with E-state index >= 15 is 0 Å². The number of hydrogen-bond donors (Lipinski definition) is 1. The van der Waals surface area contributed by atoms with Gasteiger partial charge in [0.15, 0.2) is 0 Å². The molecule has 4 unspecified atom stereocenters. The van der Waals surface area contributed by atoms with E-state index in [-0.39, 0.29) is 0 Å². The van der Waals surface area contributed by atoms with Gasteiger partial charge in [0.25, 0.3) is 0 Å². The summed E-state index contributed by atoms with van der Waals surface area (Å²) in [6, 6.07) is 0.812. The van der Waals surface area contributed by atoms with Crippen molar-refractivity contribution in [2.45, 2.75) is 76.4 Å². The van der Waals surface area contributed by atoms with Gasteiger partial charge in [0.2, 0.25) is 0 Å². The predicted octanol–water partition coefficient (Wildman–Crippen LogP) is 3.75. The molecule has 0 aromatic carbocycles. The first-order valence-corrected chi connectivity index (χ1v) is 9.20. The van der Waals surface area contributed by atoms with E-state index in [1.807, 2.05) is 0 Å². The maximum Gasteiger partial charge on any atom is 0.0685 e. The minimum Gasteiger partial charge on any atom is -0.375 e. The number of ether oxygens (including phenoxy) is 1. The first-order valence-electron chi connectivity index (χ1n) is 9.20. The Bertz CT molecular complexity index is 341. The van der Waals surface area contributed by atoms with Gasteiger partial charge in [-0.15, -0.1) is 0 Å². The SMILES string of the molecule is CCCNC(C1CCOC2(CCC2)C1)C1C2CCCC21. The van der Waals surface area contributed by atoms with Gasteiger partial charge in [-0.3, -0.25) is 0 Å². The summed E-state index contributed by atoms with van der Waals surface area (Å²) in [6.45, 7) is 4.54. The monoisotopic (exact) mass is 277 g/mol. The topological polar surface area (TPSA) is 21.3 Å². The molecule has 1 spiro atoms. The standard InChI is InChI=1S/C18H31NO/c1-2-10-19-17(16-14-5-3-6-15(14)16)13-7-11-20-18(12-13)8-4-9-18/h13-17,19H,2-12H2,1H3. The molecule has 1 heterocycles. The summed E-state index contributed by atoms with van der Waals surface area (Å²) in [7, 11) is 0. The molecule has 0 amide bonds. The van der Waals surface area contributed by atoms with Crippen molar-refractivity contribution < 1.29 is 4.74 Å². The van der Waals surface area contributed by atoms with Gasteiger partial charge in [-0.25, -0.2) is 0 Å². The molecule has 114 valence electrons. The van der Waals surface area contributed by atoms with Crippen LogP contribution in [0.5, 0.6) is 0 Å². The second-order valence-electron chi connectivity index (χ2n) is 7.95. The number of rotatable bonds is 5. The van der Waals surface area contributed by atoms with Gasteiger partial charge in [0.05, 0.1) is 5.60 Å². The summed E-state index contributed by atoms with van der Waals surface area (Å²) >= 11 is 0. The average Bonchev–Trinajstić information content (AvgIpc) is 2.91. The second kappa shape index (κ2) is 5.28. The lowest BCUT2D eigenvalue weighted by Gasteiger charge is -2.49. The highest BCUT2D eigenvalue weighted by molar-refractivity contribution is 5.09. The van der Waals surface area contributed by atoms with Crippen molar-refractivity contribution in [2.24, 2.45) is 23.7 Å². The van der Waals surface area contributed by atoms with Crippen LogP contribution in [-0.2, 0) is 4.74 Å². The van der Waals surface area contributed by atoms with Crippen LogP contribution in [-0.4, -0.2) is 24.8 Å². The molecule has 4 fully saturated rings. The fourth-order valence-electron chi connectivity index (χ4n) is 5.63. The number of hydrogen-bond acceptors (Lipinski definition) is 2. The molecule has 2 nitrogen and oxygen atoms in total. The van der Waals surface area contributed by atoms with Crippen molar-refractivity contribution in [1.29, 1.82) is 0 Å². The fraction of sp³-hybridized carbons (Fsp3) is 1.00. The van der Waals surface area contributed by atoms with Gasteiger partial charge in [-0.1, -0.05) is 13.3 Å². The average molecular weight is 277 g/mol. The third kappa shape index (κ3) is 2.23. The minimum absolute atomic E-state index is 0.319. The van der Waals surface area contributed by atoms with E-state index in [4.69, 9.17) is 4.74 Å². The molecule has 0 bridgehead atoms. The predicted molar refractivity (Wildman–Crippen MR) is 81.7 cm³/mol. The van der Waals surface area contributed by atoms with Crippen LogP contribution in [0, 0.1) is 23.7 Å². The third-order valence-electron chi connectivity index (χ3n) is 6.82. The van der Waals surface area contributed by atoms with Gasteiger partial charge in [0, 0.05) is 12.6 Å². The zero-order valence-electron chi connectivity index (χ0n) is 13.1. The molecule has 2 heteroatoms. The Morgan fingerprint density at radius 3 is 2.60 bits per heavy atom. The molecule has 0 aromatic heterocycles. The van der Waals surface area contributed by atoms with Crippen molar-refractivity contribution in [3.05, 3.63) is 0 Å². The van der Waals surface area contributed by atoms with Crippen molar-refractivity contribution in [3.8, 4) is 0 Å². The minimum atomic E-state index is 0.319. The number of nitrogens with one attached hydrogen (secondary N) is 1. The van der Waals surface area contributed by atoms with Gasteiger partial charge in [-0.05, 0) is 81.6 Å². The van der Waals surface area contributed by atoms with Gasteiger partial charge in [0.1, 0.15) is 0 Å². The van der Waals surface area contributed by atoms with E-state index in [2.05, 4.69) is 12.2 Å². The van der Waals surface area contributed by atoms with Crippen molar-refractivity contribution in [1.82, 2.24) is 5.32 Å². The molecular formula is C18H31NO. The highest BCUT2D eigenvalue weighted by Gasteiger charge is 2.58. The zero-order chi connectivity index (χ0) is 13.6. The van der Waals surface area contributed by atoms with E-state index in [9.17, 15) is 0 Å². The van der Waals surface area contributed by atoms with Crippen LogP contribution in [0.2, 0.25) is 0 Å². The summed E-state index contributed by atoms with van der Waals surface area (Å²) in [5.41, 5.74) is 0.319. The quantitative estimate of drug-likeness (QED) is 0.826. The van der Waals surface area contributed by atoms with Gasteiger partial charge < -0.3 is 10.1 Å². The van der Waals surface area contributed by atoms with E-state index in [0.717, 1.165) is 36.3 Å². The Balaban J connectivity index is 1.43. The Labute approximate surface area is 124 Å². The molecule has 4 atom stereocenters. The largest absolute Gasteiger partial charge is 0.375 e. The Kier molecular flexibility index (Phi) is 3.58. The van der Waals surface area contributed by atoms with Crippen LogP contribution in [0.15, 0.2) is 0 Å². The highest BCUT2D eigenvalue weighted by atomic mass is 16.5. The van der Waals surface area contributed by atoms with E-state index in [1.54, 1.807) is 0 Å². The summed E-state index contributed by atoms with van der Waals surface area (Å²) in [4.78, 5) is 0. The summed E-state index contributed by atoms with van der Waals surface area (Å²) in [5, 5.41) is 3.96. The van der Waals surface area contributed by atoms with Crippen LogP contribution in [0.3, 0.4) is 0 Å². The summed E-state index contributed by atoms with van der Waals surface area (Å²) < 4.78 is 6.15. The van der Waals surface area contributed by atoms with Crippen LogP contribution >= 0.6 is 0 Å². The molecule has 0 radical (unpaired) electrons. The van der Waals surface area contributed by atoms with Crippen LogP contribution < -0.4 is 5.32 Å². The highest BCUT2D eigenvalue weighted by Crippen LogP contribution is 2.61. The maximum absolute atomic E-state index is 6.15. The second-order valence-corrected chi connectivity index (χ2v) is 7.95. The van der Waals surface area contributed by atoms with Crippen molar-refractivity contribution in [2.75, 3.05) is 13.2 Å².